The summed E-state index contributed by atoms with van der Waals surface area (Å²) in [7, 11) is 0. The van der Waals surface area contributed by atoms with Gasteiger partial charge in [-0.3, -0.25) is 5.10 Å². The fourth-order valence-corrected chi connectivity index (χ4v) is 1.98. The molecule has 0 atom stereocenters. The van der Waals surface area contributed by atoms with Crippen molar-refractivity contribution in [2.75, 3.05) is 5.32 Å². The molecular formula is C10H8ClN3. The number of aromatic nitrogens is 2. The van der Waals surface area contributed by atoms with Crippen LogP contribution >= 0.6 is 11.6 Å². The molecule has 0 bridgehead atoms. The maximum absolute atomic E-state index is 6.08. The molecule has 3 nitrogen and oxygen atoms in total. The molecule has 1 aliphatic heterocycles. The predicted octanol–water partition coefficient (Wildman–Crippen LogP) is 2.71. The zero-order valence-corrected chi connectivity index (χ0v) is 8.10. The lowest BCUT2D eigenvalue weighted by Crippen LogP contribution is -2.05. The van der Waals surface area contributed by atoms with E-state index in [1.165, 1.54) is 5.56 Å². The summed E-state index contributed by atoms with van der Waals surface area (Å²) in [6.45, 7) is 0. The summed E-state index contributed by atoms with van der Waals surface area (Å²) in [6, 6.07) is 5.92. The van der Waals surface area contributed by atoms with E-state index in [0.717, 1.165) is 28.5 Å². The zero-order chi connectivity index (χ0) is 9.54. The fourth-order valence-electron chi connectivity index (χ4n) is 1.74. The lowest BCUT2D eigenvalue weighted by Gasteiger charge is -2.18. The molecule has 0 unspecified atom stereocenters. The van der Waals surface area contributed by atoms with E-state index in [4.69, 9.17) is 11.6 Å². The molecule has 0 saturated heterocycles. The third-order valence-electron chi connectivity index (χ3n) is 2.45. The highest BCUT2D eigenvalue weighted by molar-refractivity contribution is 6.33. The third kappa shape index (κ3) is 1.02. The van der Waals surface area contributed by atoms with Gasteiger partial charge in [-0.1, -0.05) is 23.7 Å². The second kappa shape index (κ2) is 2.75. The molecule has 0 fully saturated rings. The van der Waals surface area contributed by atoms with Crippen LogP contribution in [0.4, 0.5) is 11.4 Å². The molecule has 4 heteroatoms. The third-order valence-corrected chi connectivity index (χ3v) is 2.76. The topological polar surface area (TPSA) is 40.7 Å². The van der Waals surface area contributed by atoms with Crippen molar-refractivity contribution in [2.45, 2.75) is 6.42 Å². The van der Waals surface area contributed by atoms with Crippen LogP contribution in [0.3, 0.4) is 0 Å². The van der Waals surface area contributed by atoms with E-state index in [2.05, 4.69) is 21.6 Å². The molecule has 70 valence electrons. The number of rotatable bonds is 0. The molecule has 1 aliphatic rings. The van der Waals surface area contributed by atoms with Gasteiger partial charge in [0.1, 0.15) is 0 Å². The number of benzene rings is 1. The standard InChI is InChI=1S/C10H8ClN3/c11-7-3-1-2-6-4-8-9(5-12-14-8)13-10(6)7/h1-3,5,13H,4H2,(H,12,14). The number of aromatic amines is 1. The smallest absolute Gasteiger partial charge is 0.0804 e. The number of hydrogen-bond donors (Lipinski definition) is 2. The van der Waals surface area contributed by atoms with Gasteiger partial charge < -0.3 is 5.32 Å². The van der Waals surface area contributed by atoms with Crippen LogP contribution in [0.5, 0.6) is 0 Å². The van der Waals surface area contributed by atoms with Gasteiger partial charge in [-0.2, -0.15) is 5.10 Å². The Kier molecular flexibility index (Phi) is 1.55. The summed E-state index contributed by atoms with van der Waals surface area (Å²) < 4.78 is 0. The number of hydrogen-bond acceptors (Lipinski definition) is 2. The second-order valence-electron chi connectivity index (χ2n) is 3.34. The van der Waals surface area contributed by atoms with Crippen molar-refractivity contribution in [3.05, 3.63) is 40.7 Å². The molecule has 3 rings (SSSR count). The van der Waals surface area contributed by atoms with E-state index in [1.807, 2.05) is 12.1 Å². The van der Waals surface area contributed by atoms with Crippen LogP contribution in [-0.4, -0.2) is 10.2 Å². The van der Waals surface area contributed by atoms with Crippen LogP contribution in [0, 0.1) is 0 Å². The molecule has 14 heavy (non-hydrogen) atoms. The predicted molar refractivity (Wildman–Crippen MR) is 56.1 cm³/mol. The molecule has 1 aromatic heterocycles. The maximum atomic E-state index is 6.08. The molecule has 0 spiro atoms. The number of anilines is 2. The lowest BCUT2D eigenvalue weighted by molar-refractivity contribution is 0.992. The normalized spacial score (nSPS) is 12.9. The Labute approximate surface area is 86.1 Å². The monoisotopic (exact) mass is 205 g/mol. The minimum atomic E-state index is 0.759. The molecule has 2 aromatic rings. The number of para-hydroxylation sites is 1. The highest BCUT2D eigenvalue weighted by Crippen LogP contribution is 2.35. The zero-order valence-electron chi connectivity index (χ0n) is 7.34. The van der Waals surface area contributed by atoms with Crippen molar-refractivity contribution in [2.24, 2.45) is 0 Å². The molecule has 0 saturated carbocycles. The van der Waals surface area contributed by atoms with Crippen molar-refractivity contribution in [1.82, 2.24) is 10.2 Å². The largest absolute Gasteiger partial charge is 0.351 e. The summed E-state index contributed by atoms with van der Waals surface area (Å²) in [6.07, 6.45) is 2.64. The average molecular weight is 206 g/mol. The van der Waals surface area contributed by atoms with E-state index in [1.54, 1.807) is 6.20 Å². The lowest BCUT2D eigenvalue weighted by atomic mass is 10.0. The Morgan fingerprint density at radius 1 is 1.36 bits per heavy atom. The van der Waals surface area contributed by atoms with Crippen LogP contribution in [0.2, 0.25) is 5.02 Å². The number of H-pyrrole nitrogens is 1. The van der Waals surface area contributed by atoms with Crippen molar-refractivity contribution in [1.29, 1.82) is 0 Å². The maximum Gasteiger partial charge on any atom is 0.0804 e. The minimum Gasteiger partial charge on any atom is -0.351 e. The van der Waals surface area contributed by atoms with E-state index in [-0.39, 0.29) is 0 Å². The second-order valence-corrected chi connectivity index (χ2v) is 3.75. The first kappa shape index (κ1) is 7.88. The number of fused-ring (bicyclic) bond motifs is 2. The van der Waals surface area contributed by atoms with Crippen molar-refractivity contribution >= 4 is 23.0 Å². The molecule has 1 aromatic carbocycles. The number of halogens is 1. The van der Waals surface area contributed by atoms with Gasteiger partial charge in [-0.05, 0) is 11.6 Å². The van der Waals surface area contributed by atoms with Gasteiger partial charge in [0.05, 0.1) is 28.3 Å². The Hall–Kier alpha value is -1.48. The molecule has 2 heterocycles. The Morgan fingerprint density at radius 2 is 2.29 bits per heavy atom. The van der Waals surface area contributed by atoms with E-state index < -0.39 is 0 Å². The van der Waals surface area contributed by atoms with E-state index in [0.29, 0.717) is 0 Å². The minimum absolute atomic E-state index is 0.759. The van der Waals surface area contributed by atoms with Gasteiger partial charge in [0, 0.05) is 6.42 Å². The number of nitrogens with one attached hydrogen (secondary N) is 2. The first-order valence-corrected chi connectivity index (χ1v) is 4.79. The quantitative estimate of drug-likeness (QED) is 0.593. The Bertz CT molecular complexity index is 490. The molecule has 0 amide bonds. The molecule has 0 aliphatic carbocycles. The van der Waals surface area contributed by atoms with Gasteiger partial charge >= 0.3 is 0 Å². The van der Waals surface area contributed by atoms with Crippen LogP contribution in [0.25, 0.3) is 0 Å². The van der Waals surface area contributed by atoms with Crippen molar-refractivity contribution in [3.63, 3.8) is 0 Å². The van der Waals surface area contributed by atoms with Gasteiger partial charge in [0.2, 0.25) is 0 Å². The summed E-state index contributed by atoms with van der Waals surface area (Å²) >= 11 is 6.08. The molecule has 2 N–H and O–H groups in total. The summed E-state index contributed by atoms with van der Waals surface area (Å²) in [5, 5.41) is 11.0. The van der Waals surface area contributed by atoms with E-state index >= 15 is 0 Å². The summed E-state index contributed by atoms with van der Waals surface area (Å²) in [5.74, 6) is 0. The van der Waals surface area contributed by atoms with Crippen LogP contribution in [-0.2, 0) is 6.42 Å². The first-order valence-electron chi connectivity index (χ1n) is 4.41. The van der Waals surface area contributed by atoms with Crippen molar-refractivity contribution in [3.8, 4) is 0 Å². The van der Waals surface area contributed by atoms with Crippen molar-refractivity contribution < 1.29 is 0 Å². The highest BCUT2D eigenvalue weighted by atomic mass is 35.5. The first-order chi connectivity index (χ1) is 6.84. The highest BCUT2D eigenvalue weighted by Gasteiger charge is 2.17. The van der Waals surface area contributed by atoms with Gasteiger partial charge in [-0.25, -0.2) is 0 Å². The Balaban J connectivity index is 2.17. The summed E-state index contributed by atoms with van der Waals surface area (Å²) in [5.41, 5.74) is 4.34. The van der Waals surface area contributed by atoms with Crippen LogP contribution < -0.4 is 5.32 Å². The molecular weight excluding hydrogens is 198 g/mol. The van der Waals surface area contributed by atoms with Gasteiger partial charge in [0.25, 0.3) is 0 Å². The van der Waals surface area contributed by atoms with Crippen LogP contribution in [0.1, 0.15) is 11.3 Å². The van der Waals surface area contributed by atoms with Gasteiger partial charge in [0.15, 0.2) is 0 Å². The molecule has 0 radical (unpaired) electrons. The SMILES string of the molecule is Clc1cccc2c1Nc1cn[nH]c1C2. The average Bonchev–Trinajstić information content (AvgIpc) is 2.62. The Morgan fingerprint density at radius 3 is 3.21 bits per heavy atom. The van der Waals surface area contributed by atoms with Gasteiger partial charge in [-0.15, -0.1) is 0 Å². The van der Waals surface area contributed by atoms with Crippen LogP contribution in [0.15, 0.2) is 24.4 Å². The number of nitrogens with zero attached hydrogens (tertiary/aromatic N) is 1. The van der Waals surface area contributed by atoms with E-state index in [9.17, 15) is 0 Å². The fraction of sp³-hybridized carbons (Fsp3) is 0.100. The summed E-state index contributed by atoms with van der Waals surface area (Å²) in [4.78, 5) is 0.